The summed E-state index contributed by atoms with van der Waals surface area (Å²) in [7, 11) is 0. The molecule has 0 aromatic heterocycles. The molecule has 0 bridgehead atoms. The maximum atomic E-state index is 13.3. The van der Waals surface area contributed by atoms with Crippen LogP contribution >= 0.6 is 0 Å². The van der Waals surface area contributed by atoms with Gasteiger partial charge in [0, 0.05) is 6.42 Å². The van der Waals surface area contributed by atoms with E-state index in [-0.39, 0.29) is 5.82 Å². The van der Waals surface area contributed by atoms with Crippen LogP contribution in [-0.4, -0.2) is 0 Å². The average Bonchev–Trinajstić information content (AvgIpc) is 2.23. The van der Waals surface area contributed by atoms with E-state index in [1.807, 2.05) is 30.3 Å². The van der Waals surface area contributed by atoms with E-state index < -0.39 is 0 Å². The highest BCUT2D eigenvalue weighted by Crippen LogP contribution is 2.11. The van der Waals surface area contributed by atoms with Gasteiger partial charge in [0.05, 0.1) is 0 Å². The first-order chi connectivity index (χ1) is 6.86. The van der Waals surface area contributed by atoms with Gasteiger partial charge in [-0.2, -0.15) is 0 Å². The minimum Gasteiger partial charge on any atom is -0.207 e. The lowest BCUT2D eigenvalue weighted by Gasteiger charge is -2.01. The van der Waals surface area contributed by atoms with Crippen LogP contribution in [0.1, 0.15) is 11.1 Å². The Kier molecular flexibility index (Phi) is 2.59. The van der Waals surface area contributed by atoms with E-state index in [0.29, 0.717) is 6.42 Å². The highest BCUT2D eigenvalue weighted by atomic mass is 19.1. The molecule has 1 radical (unpaired) electrons. The molecule has 0 spiro atoms. The van der Waals surface area contributed by atoms with Crippen molar-refractivity contribution in [3.05, 3.63) is 71.5 Å². The van der Waals surface area contributed by atoms with E-state index in [1.54, 1.807) is 12.1 Å². The van der Waals surface area contributed by atoms with Crippen molar-refractivity contribution in [1.29, 1.82) is 0 Å². The number of hydrogen-bond acceptors (Lipinski definition) is 0. The Labute approximate surface area is 83.0 Å². The van der Waals surface area contributed by atoms with Crippen molar-refractivity contribution in [3.63, 3.8) is 0 Å². The van der Waals surface area contributed by atoms with Gasteiger partial charge in [0.15, 0.2) is 0 Å². The molecule has 2 aromatic rings. The molecule has 0 aliphatic carbocycles. The van der Waals surface area contributed by atoms with Crippen LogP contribution < -0.4 is 0 Å². The van der Waals surface area contributed by atoms with Crippen molar-refractivity contribution in [3.8, 4) is 0 Å². The molecule has 0 saturated carbocycles. The van der Waals surface area contributed by atoms with E-state index in [1.165, 1.54) is 6.07 Å². The lowest BCUT2D eigenvalue weighted by atomic mass is 10.0. The molecule has 0 nitrogen and oxygen atoms in total. The topological polar surface area (TPSA) is 0 Å². The minimum absolute atomic E-state index is 0.148. The highest BCUT2D eigenvalue weighted by molar-refractivity contribution is 5.26. The second-order valence-electron chi connectivity index (χ2n) is 3.16. The molecule has 0 aliphatic heterocycles. The summed E-state index contributed by atoms with van der Waals surface area (Å²) < 4.78 is 13.3. The van der Waals surface area contributed by atoms with Gasteiger partial charge in [0.2, 0.25) is 0 Å². The van der Waals surface area contributed by atoms with Crippen molar-refractivity contribution in [1.82, 2.24) is 0 Å². The van der Waals surface area contributed by atoms with Crippen molar-refractivity contribution < 1.29 is 4.39 Å². The quantitative estimate of drug-likeness (QED) is 0.674. The molecule has 0 N–H and O–H groups in total. The number of halogens is 1. The summed E-state index contributed by atoms with van der Waals surface area (Å²) in [6, 6.07) is 17.6. The predicted octanol–water partition coefficient (Wildman–Crippen LogP) is 3.22. The number of rotatable bonds is 2. The Morgan fingerprint density at radius 3 is 2.50 bits per heavy atom. The van der Waals surface area contributed by atoms with E-state index in [0.717, 1.165) is 11.1 Å². The zero-order chi connectivity index (χ0) is 9.80. The maximum Gasteiger partial charge on any atom is 0.126 e. The Balaban J connectivity index is 2.24. The van der Waals surface area contributed by atoms with Gasteiger partial charge in [-0.1, -0.05) is 42.5 Å². The monoisotopic (exact) mass is 185 g/mol. The fourth-order valence-electron chi connectivity index (χ4n) is 1.39. The largest absolute Gasteiger partial charge is 0.207 e. The maximum absolute atomic E-state index is 13.3. The molecule has 0 aliphatic rings. The van der Waals surface area contributed by atoms with E-state index in [9.17, 15) is 4.39 Å². The first-order valence-electron chi connectivity index (χ1n) is 4.55. The number of hydrogen-bond donors (Lipinski definition) is 0. The molecule has 2 aromatic carbocycles. The first-order valence-corrected chi connectivity index (χ1v) is 4.55. The van der Waals surface area contributed by atoms with Crippen molar-refractivity contribution in [2.75, 3.05) is 0 Å². The lowest BCUT2D eigenvalue weighted by Crippen LogP contribution is -1.91. The van der Waals surface area contributed by atoms with E-state index in [4.69, 9.17) is 0 Å². The van der Waals surface area contributed by atoms with Gasteiger partial charge in [-0.25, -0.2) is 4.39 Å². The van der Waals surface area contributed by atoms with Gasteiger partial charge < -0.3 is 0 Å². The molecule has 69 valence electrons. The van der Waals surface area contributed by atoms with Crippen LogP contribution in [0.4, 0.5) is 4.39 Å². The van der Waals surface area contributed by atoms with Crippen LogP contribution in [0.3, 0.4) is 0 Å². The molecule has 1 heteroatoms. The summed E-state index contributed by atoms with van der Waals surface area (Å²) in [6.07, 6.45) is 0.605. The zero-order valence-corrected chi connectivity index (χ0v) is 7.70. The summed E-state index contributed by atoms with van der Waals surface area (Å²) in [5, 5.41) is 0. The Hall–Kier alpha value is -1.63. The second-order valence-corrected chi connectivity index (χ2v) is 3.16. The Morgan fingerprint density at radius 2 is 1.79 bits per heavy atom. The summed E-state index contributed by atoms with van der Waals surface area (Å²) >= 11 is 0. The van der Waals surface area contributed by atoms with Gasteiger partial charge >= 0.3 is 0 Å². The standard InChI is InChI=1S/C13H10F/c14-13-9-5-4-8-12(13)10-11-6-2-1-3-7-11/h1-6,8-9H,10H2. The van der Waals surface area contributed by atoms with Gasteiger partial charge in [-0.05, 0) is 23.3 Å². The van der Waals surface area contributed by atoms with Gasteiger partial charge in [-0.3, -0.25) is 0 Å². The Morgan fingerprint density at radius 1 is 1.00 bits per heavy atom. The molecular formula is C13H10F. The van der Waals surface area contributed by atoms with Crippen molar-refractivity contribution in [2.24, 2.45) is 0 Å². The highest BCUT2D eigenvalue weighted by Gasteiger charge is 2.00. The first kappa shape index (κ1) is 8.95. The SMILES string of the molecule is Fc1ccccc1Cc1[c]cccc1. The number of benzene rings is 2. The molecule has 0 amide bonds. The summed E-state index contributed by atoms with van der Waals surface area (Å²) in [6.45, 7) is 0. The van der Waals surface area contributed by atoms with Crippen molar-refractivity contribution >= 4 is 0 Å². The van der Waals surface area contributed by atoms with Gasteiger partial charge in [-0.15, -0.1) is 0 Å². The molecule has 14 heavy (non-hydrogen) atoms. The second kappa shape index (κ2) is 4.05. The van der Waals surface area contributed by atoms with Gasteiger partial charge in [0.1, 0.15) is 5.82 Å². The molecule has 0 saturated heterocycles. The summed E-state index contributed by atoms with van der Waals surface area (Å²) in [5.41, 5.74) is 1.73. The van der Waals surface area contributed by atoms with Crippen LogP contribution in [-0.2, 0) is 6.42 Å². The minimum atomic E-state index is -0.148. The van der Waals surface area contributed by atoms with E-state index >= 15 is 0 Å². The fraction of sp³-hybridized carbons (Fsp3) is 0.0769. The van der Waals surface area contributed by atoms with Gasteiger partial charge in [0.25, 0.3) is 0 Å². The lowest BCUT2D eigenvalue weighted by molar-refractivity contribution is 0.614. The van der Waals surface area contributed by atoms with Crippen molar-refractivity contribution in [2.45, 2.75) is 6.42 Å². The molecule has 0 heterocycles. The van der Waals surface area contributed by atoms with Crippen LogP contribution in [0.5, 0.6) is 0 Å². The summed E-state index contributed by atoms with van der Waals surface area (Å²) in [5.74, 6) is -0.148. The third kappa shape index (κ3) is 1.99. The van der Waals surface area contributed by atoms with Crippen LogP contribution in [0, 0.1) is 11.9 Å². The third-order valence-electron chi connectivity index (χ3n) is 2.11. The molecule has 0 fully saturated rings. The Bertz CT molecular complexity index is 407. The molecular weight excluding hydrogens is 175 g/mol. The molecule has 0 atom stereocenters. The third-order valence-corrected chi connectivity index (χ3v) is 2.11. The average molecular weight is 185 g/mol. The predicted molar refractivity (Wildman–Crippen MR) is 54.5 cm³/mol. The summed E-state index contributed by atoms with van der Waals surface area (Å²) in [4.78, 5) is 0. The van der Waals surface area contributed by atoms with E-state index in [2.05, 4.69) is 6.07 Å². The van der Waals surface area contributed by atoms with Crippen LogP contribution in [0.2, 0.25) is 0 Å². The molecule has 0 unspecified atom stereocenters. The smallest absolute Gasteiger partial charge is 0.126 e. The fourth-order valence-corrected chi connectivity index (χ4v) is 1.39. The van der Waals surface area contributed by atoms with Crippen LogP contribution in [0.25, 0.3) is 0 Å². The normalized spacial score (nSPS) is 10.1. The molecule has 2 rings (SSSR count). The van der Waals surface area contributed by atoms with Crippen LogP contribution in [0.15, 0.2) is 48.5 Å². The zero-order valence-electron chi connectivity index (χ0n) is 7.70.